The summed E-state index contributed by atoms with van der Waals surface area (Å²) in [6.07, 6.45) is 1.29. The smallest absolute Gasteiger partial charge is 0.0237 e. The summed E-state index contributed by atoms with van der Waals surface area (Å²) in [5.41, 5.74) is 1.43. The van der Waals surface area contributed by atoms with Gasteiger partial charge >= 0.3 is 0 Å². The van der Waals surface area contributed by atoms with E-state index in [0.717, 1.165) is 25.0 Å². The zero-order chi connectivity index (χ0) is 12.1. The van der Waals surface area contributed by atoms with Crippen molar-refractivity contribution in [1.29, 1.82) is 0 Å². The molecule has 0 bridgehead atoms. The summed E-state index contributed by atoms with van der Waals surface area (Å²) >= 11 is 0. The molecule has 1 N–H and O–H groups in total. The molecule has 1 atom stereocenters. The minimum atomic E-state index is 0.720. The van der Waals surface area contributed by atoms with Crippen LogP contribution in [0.15, 0.2) is 30.3 Å². The van der Waals surface area contributed by atoms with Crippen molar-refractivity contribution >= 4 is 0 Å². The first-order chi connectivity index (χ1) is 8.25. The third kappa shape index (κ3) is 3.83. The number of benzene rings is 1. The summed E-state index contributed by atoms with van der Waals surface area (Å²) in [7, 11) is 0. The van der Waals surface area contributed by atoms with E-state index < -0.39 is 0 Å². The van der Waals surface area contributed by atoms with E-state index in [1.165, 1.54) is 25.1 Å². The van der Waals surface area contributed by atoms with Gasteiger partial charge in [0.2, 0.25) is 0 Å². The Morgan fingerprint density at radius 2 is 2.06 bits per heavy atom. The maximum absolute atomic E-state index is 3.47. The Morgan fingerprint density at radius 3 is 2.65 bits per heavy atom. The van der Waals surface area contributed by atoms with Gasteiger partial charge in [0.25, 0.3) is 0 Å². The van der Waals surface area contributed by atoms with Crippen molar-refractivity contribution < 1.29 is 0 Å². The van der Waals surface area contributed by atoms with Crippen LogP contribution in [0.4, 0.5) is 0 Å². The Balaban J connectivity index is 1.99. The first kappa shape index (κ1) is 12.6. The van der Waals surface area contributed by atoms with Gasteiger partial charge in [0.05, 0.1) is 0 Å². The van der Waals surface area contributed by atoms with Gasteiger partial charge in [0.1, 0.15) is 0 Å². The van der Waals surface area contributed by atoms with Crippen molar-refractivity contribution in [2.45, 2.75) is 32.9 Å². The van der Waals surface area contributed by atoms with Crippen LogP contribution >= 0.6 is 0 Å². The predicted molar refractivity (Wildman–Crippen MR) is 73.0 cm³/mol. The van der Waals surface area contributed by atoms with Crippen molar-refractivity contribution in [2.75, 3.05) is 19.6 Å². The average Bonchev–Trinajstić information content (AvgIpc) is 2.82. The van der Waals surface area contributed by atoms with Crippen molar-refractivity contribution in [3.63, 3.8) is 0 Å². The molecule has 1 aromatic rings. The highest BCUT2D eigenvalue weighted by Crippen LogP contribution is 2.15. The topological polar surface area (TPSA) is 15.3 Å². The lowest BCUT2D eigenvalue weighted by atomic mass is 10.1. The molecule has 17 heavy (non-hydrogen) atoms. The fourth-order valence-electron chi connectivity index (χ4n) is 2.58. The molecule has 94 valence electrons. The van der Waals surface area contributed by atoms with Gasteiger partial charge in [-0.25, -0.2) is 0 Å². The largest absolute Gasteiger partial charge is 0.315 e. The van der Waals surface area contributed by atoms with Crippen LogP contribution in [0.25, 0.3) is 0 Å². The number of rotatable bonds is 5. The molecular weight excluding hydrogens is 208 g/mol. The monoisotopic (exact) mass is 232 g/mol. The van der Waals surface area contributed by atoms with Gasteiger partial charge in [-0.2, -0.15) is 0 Å². The molecule has 1 fully saturated rings. The van der Waals surface area contributed by atoms with Crippen LogP contribution in [0.5, 0.6) is 0 Å². The fourth-order valence-corrected chi connectivity index (χ4v) is 2.58. The van der Waals surface area contributed by atoms with Crippen LogP contribution in [0.1, 0.15) is 25.8 Å². The van der Waals surface area contributed by atoms with Crippen LogP contribution in [-0.4, -0.2) is 30.6 Å². The van der Waals surface area contributed by atoms with Gasteiger partial charge < -0.3 is 5.32 Å². The van der Waals surface area contributed by atoms with Gasteiger partial charge in [-0.3, -0.25) is 4.90 Å². The molecule has 0 unspecified atom stereocenters. The van der Waals surface area contributed by atoms with E-state index >= 15 is 0 Å². The molecule has 2 rings (SSSR count). The van der Waals surface area contributed by atoms with Crippen molar-refractivity contribution in [3.05, 3.63) is 35.9 Å². The van der Waals surface area contributed by atoms with Gasteiger partial charge in [-0.15, -0.1) is 0 Å². The van der Waals surface area contributed by atoms with Crippen LogP contribution in [-0.2, 0) is 6.54 Å². The molecule has 0 aliphatic carbocycles. The highest BCUT2D eigenvalue weighted by atomic mass is 15.2. The van der Waals surface area contributed by atoms with E-state index in [4.69, 9.17) is 0 Å². The molecule has 0 spiro atoms. The molecule has 1 aromatic carbocycles. The SMILES string of the molecule is CC(C)CN(Cc1ccccc1)[C@H]1CCNC1. The Kier molecular flexibility index (Phi) is 4.57. The third-order valence-corrected chi connectivity index (χ3v) is 3.38. The number of hydrogen-bond donors (Lipinski definition) is 1. The van der Waals surface area contributed by atoms with Gasteiger partial charge in [-0.1, -0.05) is 44.2 Å². The molecule has 0 aromatic heterocycles. The molecule has 2 nitrogen and oxygen atoms in total. The molecule has 1 heterocycles. The average molecular weight is 232 g/mol. The lowest BCUT2D eigenvalue weighted by Gasteiger charge is -2.30. The normalized spacial score (nSPS) is 20.4. The summed E-state index contributed by atoms with van der Waals surface area (Å²) < 4.78 is 0. The van der Waals surface area contributed by atoms with Crippen LogP contribution in [0.3, 0.4) is 0 Å². The molecule has 1 aliphatic heterocycles. The zero-order valence-corrected chi connectivity index (χ0v) is 11.0. The molecule has 0 saturated carbocycles. The van der Waals surface area contributed by atoms with E-state index in [9.17, 15) is 0 Å². The van der Waals surface area contributed by atoms with Crippen LogP contribution < -0.4 is 5.32 Å². The van der Waals surface area contributed by atoms with E-state index in [1.807, 2.05) is 0 Å². The molecule has 2 heteroatoms. The van der Waals surface area contributed by atoms with E-state index in [1.54, 1.807) is 0 Å². The Bertz CT molecular complexity index is 315. The minimum absolute atomic E-state index is 0.720. The third-order valence-electron chi connectivity index (χ3n) is 3.38. The minimum Gasteiger partial charge on any atom is -0.315 e. The molecule has 0 amide bonds. The van der Waals surface area contributed by atoms with E-state index in [0.29, 0.717) is 0 Å². The Morgan fingerprint density at radius 1 is 1.29 bits per heavy atom. The number of nitrogens with one attached hydrogen (secondary N) is 1. The maximum Gasteiger partial charge on any atom is 0.0237 e. The summed E-state index contributed by atoms with van der Waals surface area (Å²) in [6, 6.07) is 11.5. The van der Waals surface area contributed by atoms with Crippen molar-refractivity contribution in [1.82, 2.24) is 10.2 Å². The summed E-state index contributed by atoms with van der Waals surface area (Å²) in [4.78, 5) is 2.64. The van der Waals surface area contributed by atoms with Crippen molar-refractivity contribution in [2.24, 2.45) is 5.92 Å². The standard InChI is InChI=1S/C15H24N2/c1-13(2)11-17(15-8-9-16-10-15)12-14-6-4-3-5-7-14/h3-7,13,15-16H,8-12H2,1-2H3/t15-/m0/s1. The summed E-state index contributed by atoms with van der Waals surface area (Å²) in [5.74, 6) is 0.735. The summed E-state index contributed by atoms with van der Waals surface area (Å²) in [5, 5.41) is 3.47. The quantitative estimate of drug-likeness (QED) is 0.839. The van der Waals surface area contributed by atoms with Crippen LogP contribution in [0, 0.1) is 5.92 Å². The first-order valence-electron chi connectivity index (χ1n) is 6.74. The highest BCUT2D eigenvalue weighted by molar-refractivity contribution is 5.14. The molecule has 1 saturated heterocycles. The fraction of sp³-hybridized carbons (Fsp3) is 0.600. The predicted octanol–water partition coefficient (Wildman–Crippen LogP) is 2.51. The van der Waals surface area contributed by atoms with Gasteiger partial charge in [0.15, 0.2) is 0 Å². The zero-order valence-electron chi connectivity index (χ0n) is 11.0. The Hall–Kier alpha value is -0.860. The van der Waals surface area contributed by atoms with Gasteiger partial charge in [-0.05, 0) is 24.4 Å². The number of hydrogen-bond acceptors (Lipinski definition) is 2. The second-order valence-electron chi connectivity index (χ2n) is 5.46. The first-order valence-corrected chi connectivity index (χ1v) is 6.74. The van der Waals surface area contributed by atoms with Crippen molar-refractivity contribution in [3.8, 4) is 0 Å². The molecule has 1 aliphatic rings. The van der Waals surface area contributed by atoms with E-state index in [2.05, 4.69) is 54.4 Å². The lowest BCUT2D eigenvalue weighted by Crippen LogP contribution is -2.38. The maximum atomic E-state index is 3.47. The lowest BCUT2D eigenvalue weighted by molar-refractivity contribution is 0.177. The second-order valence-corrected chi connectivity index (χ2v) is 5.46. The van der Waals surface area contributed by atoms with E-state index in [-0.39, 0.29) is 0 Å². The Labute approximate surface area is 105 Å². The summed E-state index contributed by atoms with van der Waals surface area (Å²) in [6.45, 7) is 9.22. The van der Waals surface area contributed by atoms with Gasteiger partial charge in [0, 0.05) is 25.7 Å². The van der Waals surface area contributed by atoms with Crippen LogP contribution in [0.2, 0.25) is 0 Å². The second kappa shape index (κ2) is 6.18. The highest BCUT2D eigenvalue weighted by Gasteiger charge is 2.22. The number of nitrogens with zero attached hydrogens (tertiary/aromatic N) is 1. The molecule has 0 radical (unpaired) electrons. The molecular formula is C15H24N2.